The van der Waals surface area contributed by atoms with Crippen molar-refractivity contribution < 1.29 is 0 Å². The SMILES string of the molecule is CCCNCc1cnc(Cc2csc(C)n2)nc1. The van der Waals surface area contributed by atoms with E-state index in [1.807, 2.05) is 19.3 Å². The Balaban J connectivity index is 1.91. The van der Waals surface area contributed by atoms with E-state index in [-0.39, 0.29) is 0 Å². The summed E-state index contributed by atoms with van der Waals surface area (Å²) in [4.78, 5) is 13.2. The summed E-state index contributed by atoms with van der Waals surface area (Å²) in [6.07, 6.45) is 5.64. The van der Waals surface area contributed by atoms with E-state index in [1.165, 1.54) is 0 Å². The number of hydrogen-bond acceptors (Lipinski definition) is 5. The molecule has 0 aromatic carbocycles. The third-order valence-corrected chi connectivity index (χ3v) is 3.34. The predicted octanol–water partition coefficient (Wildman–Crippen LogP) is 2.33. The van der Waals surface area contributed by atoms with Crippen molar-refractivity contribution in [1.82, 2.24) is 20.3 Å². The first kappa shape index (κ1) is 13.1. The second kappa shape index (κ2) is 6.56. The van der Waals surface area contributed by atoms with Crippen molar-refractivity contribution >= 4 is 11.3 Å². The molecule has 0 aliphatic rings. The highest BCUT2D eigenvalue weighted by atomic mass is 32.1. The van der Waals surface area contributed by atoms with E-state index in [1.54, 1.807) is 11.3 Å². The summed E-state index contributed by atoms with van der Waals surface area (Å²) >= 11 is 1.66. The van der Waals surface area contributed by atoms with Gasteiger partial charge in [0.2, 0.25) is 0 Å². The lowest BCUT2D eigenvalue weighted by atomic mass is 10.3. The van der Waals surface area contributed by atoms with Crippen LogP contribution in [0.25, 0.3) is 0 Å². The van der Waals surface area contributed by atoms with Crippen molar-refractivity contribution in [1.29, 1.82) is 0 Å². The van der Waals surface area contributed by atoms with Gasteiger partial charge in [-0.3, -0.25) is 0 Å². The molecule has 0 spiro atoms. The van der Waals surface area contributed by atoms with Crippen LogP contribution < -0.4 is 5.32 Å². The Hall–Kier alpha value is -1.33. The number of aryl methyl sites for hydroxylation is 1. The predicted molar refractivity (Wildman–Crippen MR) is 73.7 cm³/mol. The molecular formula is C13H18N4S. The minimum Gasteiger partial charge on any atom is -0.313 e. The fourth-order valence-corrected chi connectivity index (χ4v) is 2.24. The van der Waals surface area contributed by atoms with Crippen molar-refractivity contribution in [3.8, 4) is 0 Å². The fourth-order valence-electron chi connectivity index (χ4n) is 1.63. The molecule has 2 heterocycles. The van der Waals surface area contributed by atoms with Gasteiger partial charge in [0.05, 0.1) is 17.1 Å². The molecule has 2 rings (SSSR count). The van der Waals surface area contributed by atoms with E-state index in [4.69, 9.17) is 0 Å². The summed E-state index contributed by atoms with van der Waals surface area (Å²) in [5.41, 5.74) is 2.18. The largest absolute Gasteiger partial charge is 0.313 e. The van der Waals surface area contributed by atoms with Gasteiger partial charge in [-0.1, -0.05) is 6.92 Å². The van der Waals surface area contributed by atoms with Crippen molar-refractivity contribution in [3.05, 3.63) is 39.9 Å². The molecule has 0 unspecified atom stereocenters. The molecule has 0 amide bonds. The topological polar surface area (TPSA) is 50.7 Å². The average molecular weight is 262 g/mol. The normalized spacial score (nSPS) is 10.8. The molecule has 0 bridgehead atoms. The summed E-state index contributed by atoms with van der Waals surface area (Å²) in [7, 11) is 0. The Morgan fingerprint density at radius 1 is 1.28 bits per heavy atom. The number of rotatable bonds is 6. The molecule has 0 aliphatic carbocycles. The van der Waals surface area contributed by atoms with Crippen molar-refractivity contribution in [2.45, 2.75) is 33.2 Å². The molecule has 0 saturated heterocycles. The van der Waals surface area contributed by atoms with Crippen LogP contribution in [0, 0.1) is 6.92 Å². The maximum atomic E-state index is 4.42. The lowest BCUT2D eigenvalue weighted by Crippen LogP contribution is -2.14. The van der Waals surface area contributed by atoms with E-state index in [0.29, 0.717) is 6.42 Å². The molecule has 2 aromatic heterocycles. The number of aromatic nitrogens is 3. The van der Waals surface area contributed by atoms with Crippen molar-refractivity contribution in [2.75, 3.05) is 6.54 Å². The maximum Gasteiger partial charge on any atom is 0.134 e. The van der Waals surface area contributed by atoms with Gasteiger partial charge >= 0.3 is 0 Å². The van der Waals surface area contributed by atoms with Gasteiger partial charge in [0.1, 0.15) is 5.82 Å². The van der Waals surface area contributed by atoms with Crippen molar-refractivity contribution in [2.24, 2.45) is 0 Å². The zero-order valence-corrected chi connectivity index (χ0v) is 11.6. The molecular weight excluding hydrogens is 244 g/mol. The van der Waals surface area contributed by atoms with Crippen LogP contribution in [0.5, 0.6) is 0 Å². The van der Waals surface area contributed by atoms with Crippen molar-refractivity contribution in [3.63, 3.8) is 0 Å². The van der Waals surface area contributed by atoms with Crippen LogP contribution in [0.1, 0.15) is 35.4 Å². The summed E-state index contributed by atoms with van der Waals surface area (Å²) in [6.45, 7) is 6.03. The summed E-state index contributed by atoms with van der Waals surface area (Å²) < 4.78 is 0. The third-order valence-electron chi connectivity index (χ3n) is 2.52. The first-order valence-corrected chi connectivity index (χ1v) is 7.07. The zero-order valence-electron chi connectivity index (χ0n) is 10.8. The van der Waals surface area contributed by atoms with Crippen LogP contribution >= 0.6 is 11.3 Å². The zero-order chi connectivity index (χ0) is 12.8. The molecule has 1 N–H and O–H groups in total. The van der Waals surface area contributed by atoms with Gasteiger partial charge in [0.25, 0.3) is 0 Å². The van der Waals surface area contributed by atoms with Gasteiger partial charge in [-0.05, 0) is 19.9 Å². The van der Waals surface area contributed by atoms with Gasteiger partial charge in [-0.15, -0.1) is 11.3 Å². The van der Waals surface area contributed by atoms with Crippen LogP contribution in [0.4, 0.5) is 0 Å². The number of nitrogens with one attached hydrogen (secondary N) is 1. The van der Waals surface area contributed by atoms with Crippen LogP contribution in [0.15, 0.2) is 17.8 Å². The fraction of sp³-hybridized carbons (Fsp3) is 0.462. The molecule has 4 nitrogen and oxygen atoms in total. The first-order valence-electron chi connectivity index (χ1n) is 6.19. The lowest BCUT2D eigenvalue weighted by Gasteiger charge is -2.03. The van der Waals surface area contributed by atoms with E-state index in [9.17, 15) is 0 Å². The van der Waals surface area contributed by atoms with Gasteiger partial charge in [-0.2, -0.15) is 0 Å². The summed E-state index contributed by atoms with van der Waals surface area (Å²) in [5, 5.41) is 6.49. The number of hydrogen-bond donors (Lipinski definition) is 1. The third kappa shape index (κ3) is 3.85. The Labute approximate surface area is 112 Å². The van der Waals surface area contributed by atoms with E-state index in [2.05, 4.69) is 32.6 Å². The minimum absolute atomic E-state index is 0.715. The Morgan fingerprint density at radius 2 is 2.06 bits per heavy atom. The van der Waals surface area contributed by atoms with Gasteiger partial charge < -0.3 is 5.32 Å². The first-order chi connectivity index (χ1) is 8.78. The Kier molecular flexibility index (Phi) is 4.78. The molecule has 0 atom stereocenters. The standard InChI is InChI=1S/C13H18N4S/c1-3-4-14-6-11-7-15-13(16-8-11)5-12-9-18-10(2)17-12/h7-9,14H,3-6H2,1-2H3. The van der Waals surface area contributed by atoms with Gasteiger partial charge in [0.15, 0.2) is 0 Å². The quantitative estimate of drug-likeness (QED) is 0.812. The van der Waals surface area contributed by atoms with Gasteiger partial charge in [-0.25, -0.2) is 15.0 Å². The van der Waals surface area contributed by atoms with E-state index in [0.717, 1.165) is 41.6 Å². The Bertz CT molecular complexity index is 478. The highest BCUT2D eigenvalue weighted by Gasteiger charge is 2.03. The molecule has 18 heavy (non-hydrogen) atoms. The van der Waals surface area contributed by atoms with E-state index < -0.39 is 0 Å². The molecule has 0 fully saturated rings. The molecule has 96 valence electrons. The number of nitrogens with zero attached hydrogens (tertiary/aromatic N) is 3. The highest BCUT2D eigenvalue weighted by Crippen LogP contribution is 2.10. The molecule has 0 saturated carbocycles. The summed E-state index contributed by atoms with van der Waals surface area (Å²) in [5.74, 6) is 0.833. The molecule has 5 heteroatoms. The lowest BCUT2D eigenvalue weighted by molar-refractivity contribution is 0.670. The number of thiazole rings is 1. The Morgan fingerprint density at radius 3 is 2.67 bits per heavy atom. The average Bonchev–Trinajstić information content (AvgIpc) is 2.77. The molecule has 0 aliphatic heterocycles. The molecule has 0 radical (unpaired) electrons. The smallest absolute Gasteiger partial charge is 0.134 e. The van der Waals surface area contributed by atoms with Crippen LogP contribution in [0.3, 0.4) is 0 Å². The second-order valence-electron chi connectivity index (χ2n) is 4.22. The minimum atomic E-state index is 0.715. The van der Waals surface area contributed by atoms with Crippen LogP contribution in [-0.2, 0) is 13.0 Å². The van der Waals surface area contributed by atoms with Crippen LogP contribution in [0.2, 0.25) is 0 Å². The monoisotopic (exact) mass is 262 g/mol. The van der Waals surface area contributed by atoms with E-state index >= 15 is 0 Å². The second-order valence-corrected chi connectivity index (χ2v) is 5.28. The highest BCUT2D eigenvalue weighted by molar-refractivity contribution is 7.09. The van der Waals surface area contributed by atoms with Gasteiger partial charge in [0, 0.05) is 29.9 Å². The molecule has 2 aromatic rings. The van der Waals surface area contributed by atoms with Crippen LogP contribution in [-0.4, -0.2) is 21.5 Å². The summed E-state index contributed by atoms with van der Waals surface area (Å²) in [6, 6.07) is 0. The maximum absolute atomic E-state index is 4.42.